The van der Waals surface area contributed by atoms with E-state index in [9.17, 15) is 9.90 Å². The number of fused-ring (bicyclic) bond motifs is 1. The number of hydrogen-bond donors (Lipinski definition) is 1. The van der Waals surface area contributed by atoms with Crippen LogP contribution in [0.5, 0.6) is 0 Å². The number of aryl methyl sites for hydroxylation is 1. The van der Waals surface area contributed by atoms with E-state index in [0.717, 1.165) is 55.4 Å². The average Bonchev–Trinajstić information content (AvgIpc) is 2.68. The van der Waals surface area contributed by atoms with E-state index < -0.39 is 5.97 Å². The number of para-hydroxylation sites is 2. The summed E-state index contributed by atoms with van der Waals surface area (Å²) in [6.07, 6.45) is 5.79. The van der Waals surface area contributed by atoms with Gasteiger partial charge in [-0.05, 0) is 25.0 Å². The number of carboxylic acids is 1. The second kappa shape index (κ2) is 5.88. The van der Waals surface area contributed by atoms with Crippen molar-refractivity contribution in [1.82, 2.24) is 9.55 Å². The van der Waals surface area contributed by atoms with E-state index in [4.69, 9.17) is 4.98 Å². The van der Waals surface area contributed by atoms with Crippen LogP contribution in [0.3, 0.4) is 0 Å². The second-order valence-electron chi connectivity index (χ2n) is 5.89. The molecule has 4 heteroatoms. The zero-order valence-electron chi connectivity index (χ0n) is 12.5. The molecule has 1 heterocycles. The summed E-state index contributed by atoms with van der Waals surface area (Å²) in [5.74, 6) is 0.0477. The third kappa shape index (κ3) is 2.55. The number of aromatic nitrogens is 2. The maximum absolute atomic E-state index is 11.7. The SMILES string of the molecule is CCc1nc2ccccc2n1C1CCCCCC1C(=O)O. The summed E-state index contributed by atoms with van der Waals surface area (Å²) in [4.78, 5) is 16.4. The van der Waals surface area contributed by atoms with Gasteiger partial charge >= 0.3 is 5.97 Å². The molecule has 3 rings (SSSR count). The van der Waals surface area contributed by atoms with Crippen LogP contribution in [-0.2, 0) is 11.2 Å². The lowest BCUT2D eigenvalue weighted by molar-refractivity contribution is -0.143. The van der Waals surface area contributed by atoms with Crippen LogP contribution in [0.25, 0.3) is 11.0 Å². The van der Waals surface area contributed by atoms with Crippen LogP contribution in [0.15, 0.2) is 24.3 Å². The molecule has 2 aromatic rings. The molecule has 4 nitrogen and oxygen atoms in total. The molecular weight excluding hydrogens is 264 g/mol. The Morgan fingerprint density at radius 2 is 2.05 bits per heavy atom. The van der Waals surface area contributed by atoms with Gasteiger partial charge in [0.1, 0.15) is 5.82 Å². The molecule has 0 radical (unpaired) electrons. The van der Waals surface area contributed by atoms with E-state index >= 15 is 0 Å². The highest BCUT2D eigenvalue weighted by molar-refractivity contribution is 5.77. The van der Waals surface area contributed by atoms with Crippen molar-refractivity contribution in [3.8, 4) is 0 Å². The van der Waals surface area contributed by atoms with Gasteiger partial charge in [-0.15, -0.1) is 0 Å². The molecule has 0 bridgehead atoms. The minimum Gasteiger partial charge on any atom is -0.481 e. The first kappa shape index (κ1) is 14.1. The molecule has 0 saturated heterocycles. The molecule has 1 fully saturated rings. The standard InChI is InChI=1S/C17H22N2O2/c1-2-16-18-13-9-6-7-11-15(13)19(16)14-10-5-3-4-8-12(14)17(20)21/h6-7,9,11-12,14H,2-5,8,10H2,1H3,(H,20,21). The lowest BCUT2D eigenvalue weighted by Gasteiger charge is -2.25. The first-order valence-corrected chi connectivity index (χ1v) is 7.91. The molecule has 2 atom stereocenters. The molecule has 1 saturated carbocycles. The molecular formula is C17H22N2O2. The number of carbonyl (C=O) groups is 1. The lowest BCUT2D eigenvalue weighted by Crippen LogP contribution is -2.26. The molecule has 1 aromatic carbocycles. The van der Waals surface area contributed by atoms with Gasteiger partial charge in [-0.3, -0.25) is 4.79 Å². The molecule has 1 aromatic heterocycles. The van der Waals surface area contributed by atoms with E-state index in [0.29, 0.717) is 0 Å². The zero-order valence-corrected chi connectivity index (χ0v) is 12.5. The van der Waals surface area contributed by atoms with Crippen LogP contribution >= 0.6 is 0 Å². The van der Waals surface area contributed by atoms with Gasteiger partial charge in [0.15, 0.2) is 0 Å². The number of rotatable bonds is 3. The molecule has 2 unspecified atom stereocenters. The highest BCUT2D eigenvalue weighted by Gasteiger charge is 2.32. The van der Waals surface area contributed by atoms with E-state index in [1.54, 1.807) is 0 Å². The topological polar surface area (TPSA) is 55.1 Å². The summed E-state index contributed by atoms with van der Waals surface area (Å²) >= 11 is 0. The van der Waals surface area contributed by atoms with Crippen molar-refractivity contribution in [2.75, 3.05) is 0 Å². The smallest absolute Gasteiger partial charge is 0.308 e. The van der Waals surface area contributed by atoms with Crippen LogP contribution < -0.4 is 0 Å². The predicted molar refractivity (Wildman–Crippen MR) is 82.4 cm³/mol. The molecule has 1 N–H and O–H groups in total. The van der Waals surface area contributed by atoms with Crippen LogP contribution in [-0.4, -0.2) is 20.6 Å². The summed E-state index contributed by atoms with van der Waals surface area (Å²) in [5.41, 5.74) is 2.05. The number of hydrogen-bond acceptors (Lipinski definition) is 2. The molecule has 21 heavy (non-hydrogen) atoms. The first-order chi connectivity index (χ1) is 10.2. The van der Waals surface area contributed by atoms with E-state index in [1.807, 2.05) is 18.2 Å². The van der Waals surface area contributed by atoms with Gasteiger partial charge in [0.05, 0.1) is 17.0 Å². The van der Waals surface area contributed by atoms with Gasteiger partial charge in [-0.2, -0.15) is 0 Å². The highest BCUT2D eigenvalue weighted by Crippen LogP contribution is 2.36. The summed E-state index contributed by atoms with van der Waals surface area (Å²) in [6.45, 7) is 2.09. The van der Waals surface area contributed by atoms with Crippen molar-refractivity contribution in [2.45, 2.75) is 51.5 Å². The Labute approximate surface area is 124 Å². The minimum atomic E-state index is -0.665. The van der Waals surface area contributed by atoms with Crippen molar-refractivity contribution in [3.63, 3.8) is 0 Å². The Hall–Kier alpha value is -1.84. The number of imidazole rings is 1. The van der Waals surface area contributed by atoms with Crippen molar-refractivity contribution in [1.29, 1.82) is 0 Å². The Balaban J connectivity index is 2.13. The Kier molecular flexibility index (Phi) is 3.95. The highest BCUT2D eigenvalue weighted by atomic mass is 16.4. The summed E-state index contributed by atoms with van der Waals surface area (Å²) in [7, 11) is 0. The summed E-state index contributed by atoms with van der Waals surface area (Å²) in [5, 5.41) is 9.63. The molecule has 1 aliphatic rings. The number of aliphatic carboxylic acids is 1. The molecule has 1 aliphatic carbocycles. The van der Waals surface area contributed by atoms with Crippen molar-refractivity contribution >= 4 is 17.0 Å². The fraction of sp³-hybridized carbons (Fsp3) is 0.529. The van der Waals surface area contributed by atoms with Gasteiger partial charge in [0, 0.05) is 12.5 Å². The Morgan fingerprint density at radius 3 is 2.81 bits per heavy atom. The fourth-order valence-electron chi connectivity index (χ4n) is 3.60. The molecule has 0 spiro atoms. The molecule has 0 aliphatic heterocycles. The Morgan fingerprint density at radius 1 is 1.29 bits per heavy atom. The molecule has 112 valence electrons. The fourth-order valence-corrected chi connectivity index (χ4v) is 3.60. The van der Waals surface area contributed by atoms with Crippen molar-refractivity contribution in [2.24, 2.45) is 5.92 Å². The predicted octanol–water partition coefficient (Wildman–Crippen LogP) is 3.80. The Bertz CT molecular complexity index is 647. The van der Waals surface area contributed by atoms with Gasteiger partial charge in [0.25, 0.3) is 0 Å². The van der Waals surface area contributed by atoms with Crippen LogP contribution in [0.1, 0.15) is 50.9 Å². The first-order valence-electron chi connectivity index (χ1n) is 7.91. The van der Waals surface area contributed by atoms with Gasteiger partial charge in [0.2, 0.25) is 0 Å². The zero-order chi connectivity index (χ0) is 14.8. The maximum atomic E-state index is 11.7. The van der Waals surface area contributed by atoms with Crippen molar-refractivity contribution < 1.29 is 9.90 Å². The summed E-state index contributed by atoms with van der Waals surface area (Å²) in [6, 6.07) is 8.10. The number of carboxylic acid groups (broad SMARTS) is 1. The van der Waals surface area contributed by atoms with Crippen LogP contribution in [0, 0.1) is 5.92 Å². The lowest BCUT2D eigenvalue weighted by atomic mass is 9.94. The number of benzene rings is 1. The number of nitrogens with zero attached hydrogens (tertiary/aromatic N) is 2. The summed E-state index contributed by atoms with van der Waals surface area (Å²) < 4.78 is 2.21. The third-order valence-electron chi connectivity index (χ3n) is 4.61. The van der Waals surface area contributed by atoms with Gasteiger partial charge < -0.3 is 9.67 Å². The van der Waals surface area contributed by atoms with E-state index in [-0.39, 0.29) is 12.0 Å². The van der Waals surface area contributed by atoms with Gasteiger partial charge in [-0.1, -0.05) is 38.3 Å². The average molecular weight is 286 g/mol. The van der Waals surface area contributed by atoms with Crippen LogP contribution in [0.2, 0.25) is 0 Å². The minimum absolute atomic E-state index is 0.0346. The van der Waals surface area contributed by atoms with E-state index in [1.165, 1.54) is 0 Å². The largest absolute Gasteiger partial charge is 0.481 e. The quantitative estimate of drug-likeness (QED) is 0.873. The van der Waals surface area contributed by atoms with Crippen molar-refractivity contribution in [3.05, 3.63) is 30.1 Å². The second-order valence-corrected chi connectivity index (χ2v) is 5.89. The molecule has 0 amide bonds. The van der Waals surface area contributed by atoms with Crippen LogP contribution in [0.4, 0.5) is 0 Å². The van der Waals surface area contributed by atoms with Gasteiger partial charge in [-0.25, -0.2) is 4.98 Å². The monoisotopic (exact) mass is 286 g/mol. The third-order valence-corrected chi connectivity index (χ3v) is 4.61. The maximum Gasteiger partial charge on any atom is 0.308 e. The van der Waals surface area contributed by atoms with E-state index in [2.05, 4.69) is 17.6 Å². The normalized spacial score (nSPS) is 23.1.